The molecule has 0 aliphatic rings. The first kappa shape index (κ1) is 11.0. The Bertz CT molecular complexity index is 328. The normalized spacial score (nSPS) is 12.2. The van der Waals surface area contributed by atoms with E-state index in [-0.39, 0.29) is 18.6 Å². The molecular formula is C10H12ClNO2. The van der Waals surface area contributed by atoms with Crippen LogP contribution in [0.2, 0.25) is 5.02 Å². The van der Waals surface area contributed by atoms with E-state index < -0.39 is 0 Å². The average Bonchev–Trinajstić information content (AvgIpc) is 2.18. The number of amides is 1. The molecule has 14 heavy (non-hydrogen) atoms. The highest BCUT2D eigenvalue weighted by molar-refractivity contribution is 6.33. The first-order valence-electron chi connectivity index (χ1n) is 4.31. The number of rotatable bonds is 3. The molecule has 1 aromatic rings. The van der Waals surface area contributed by atoms with E-state index >= 15 is 0 Å². The van der Waals surface area contributed by atoms with Gasteiger partial charge in [0.05, 0.1) is 17.2 Å². The van der Waals surface area contributed by atoms with Crippen LogP contribution in [0.25, 0.3) is 0 Å². The standard InChI is InChI=1S/C10H12ClNO2/c1-7(6-13)12-10(14)8-4-2-3-5-9(8)11/h2-5,7,13H,6H2,1H3,(H,12,14). The Morgan fingerprint density at radius 3 is 2.79 bits per heavy atom. The Morgan fingerprint density at radius 2 is 2.21 bits per heavy atom. The highest BCUT2D eigenvalue weighted by atomic mass is 35.5. The topological polar surface area (TPSA) is 49.3 Å². The van der Waals surface area contributed by atoms with Gasteiger partial charge in [-0.3, -0.25) is 4.79 Å². The molecule has 0 fully saturated rings. The van der Waals surface area contributed by atoms with Gasteiger partial charge in [0, 0.05) is 6.04 Å². The SMILES string of the molecule is CC(CO)NC(=O)c1ccccc1Cl. The molecule has 3 nitrogen and oxygen atoms in total. The summed E-state index contributed by atoms with van der Waals surface area (Å²) in [6.45, 7) is 1.63. The van der Waals surface area contributed by atoms with Gasteiger partial charge >= 0.3 is 0 Å². The number of hydrogen-bond acceptors (Lipinski definition) is 2. The van der Waals surface area contributed by atoms with Crippen LogP contribution in [0, 0.1) is 0 Å². The summed E-state index contributed by atoms with van der Waals surface area (Å²) in [5.41, 5.74) is 0.425. The van der Waals surface area contributed by atoms with Crippen molar-refractivity contribution >= 4 is 17.5 Å². The first-order chi connectivity index (χ1) is 6.65. The Balaban J connectivity index is 2.75. The molecule has 4 heteroatoms. The minimum atomic E-state index is -0.267. The van der Waals surface area contributed by atoms with Crippen LogP contribution in [0.5, 0.6) is 0 Å². The Hall–Kier alpha value is -1.06. The van der Waals surface area contributed by atoms with Crippen molar-refractivity contribution in [2.24, 2.45) is 0 Å². The van der Waals surface area contributed by atoms with Gasteiger partial charge in [0.1, 0.15) is 0 Å². The Kier molecular flexibility index (Phi) is 3.92. The predicted octanol–water partition coefficient (Wildman–Crippen LogP) is 1.45. The van der Waals surface area contributed by atoms with Crippen LogP contribution in [-0.4, -0.2) is 23.7 Å². The molecule has 1 unspecified atom stereocenters. The number of aliphatic hydroxyl groups excluding tert-OH is 1. The van der Waals surface area contributed by atoms with Gasteiger partial charge in [-0.25, -0.2) is 0 Å². The van der Waals surface area contributed by atoms with E-state index in [9.17, 15) is 4.79 Å². The molecule has 0 radical (unpaired) electrons. The van der Waals surface area contributed by atoms with Crippen LogP contribution in [0.4, 0.5) is 0 Å². The molecule has 0 aliphatic heterocycles. The third-order valence-corrected chi connectivity index (χ3v) is 2.10. The van der Waals surface area contributed by atoms with Gasteiger partial charge in [0.25, 0.3) is 5.91 Å². The van der Waals surface area contributed by atoms with Crippen molar-refractivity contribution in [2.45, 2.75) is 13.0 Å². The van der Waals surface area contributed by atoms with Crippen LogP contribution in [0.1, 0.15) is 17.3 Å². The third kappa shape index (κ3) is 2.72. The summed E-state index contributed by atoms with van der Waals surface area (Å²) in [6.07, 6.45) is 0. The maximum atomic E-state index is 11.5. The first-order valence-corrected chi connectivity index (χ1v) is 4.69. The van der Waals surface area contributed by atoms with Gasteiger partial charge in [0.15, 0.2) is 0 Å². The largest absolute Gasteiger partial charge is 0.394 e. The summed E-state index contributed by atoms with van der Waals surface area (Å²) in [5, 5.41) is 11.8. The molecule has 1 amide bonds. The van der Waals surface area contributed by atoms with Crippen LogP contribution in [-0.2, 0) is 0 Å². The molecule has 0 saturated carbocycles. The van der Waals surface area contributed by atoms with Gasteiger partial charge in [0.2, 0.25) is 0 Å². The summed E-state index contributed by atoms with van der Waals surface area (Å²) in [7, 11) is 0. The minimum absolute atomic E-state index is 0.0871. The fraction of sp³-hybridized carbons (Fsp3) is 0.300. The van der Waals surface area contributed by atoms with Crippen molar-refractivity contribution in [1.82, 2.24) is 5.32 Å². The van der Waals surface area contributed by atoms with Crippen LogP contribution in [0.3, 0.4) is 0 Å². The molecule has 0 aromatic heterocycles. The summed E-state index contributed by atoms with van der Waals surface area (Å²) in [6, 6.07) is 6.53. The van der Waals surface area contributed by atoms with E-state index in [2.05, 4.69) is 5.32 Å². The maximum absolute atomic E-state index is 11.5. The minimum Gasteiger partial charge on any atom is -0.394 e. The van der Waals surface area contributed by atoms with Gasteiger partial charge in [-0.1, -0.05) is 23.7 Å². The number of hydrogen-bond donors (Lipinski definition) is 2. The zero-order valence-electron chi connectivity index (χ0n) is 7.83. The molecule has 1 atom stereocenters. The van der Waals surface area contributed by atoms with Crippen LogP contribution in [0.15, 0.2) is 24.3 Å². The molecule has 0 heterocycles. The average molecular weight is 214 g/mol. The molecule has 1 rings (SSSR count). The van der Waals surface area contributed by atoms with Crippen molar-refractivity contribution in [1.29, 1.82) is 0 Å². The van der Waals surface area contributed by atoms with E-state index in [1.165, 1.54) is 0 Å². The molecule has 76 valence electrons. The van der Waals surface area contributed by atoms with Crippen molar-refractivity contribution in [3.05, 3.63) is 34.9 Å². The van der Waals surface area contributed by atoms with Gasteiger partial charge in [-0.05, 0) is 19.1 Å². The molecule has 2 N–H and O–H groups in total. The second-order valence-corrected chi connectivity index (χ2v) is 3.44. The van der Waals surface area contributed by atoms with E-state index in [0.29, 0.717) is 10.6 Å². The van der Waals surface area contributed by atoms with E-state index in [4.69, 9.17) is 16.7 Å². The molecule has 0 spiro atoms. The molecular weight excluding hydrogens is 202 g/mol. The Labute approximate surface area is 87.7 Å². The fourth-order valence-corrected chi connectivity index (χ4v) is 1.21. The second kappa shape index (κ2) is 4.98. The van der Waals surface area contributed by atoms with Crippen LogP contribution < -0.4 is 5.32 Å². The molecule has 1 aromatic carbocycles. The fourth-order valence-electron chi connectivity index (χ4n) is 0.993. The van der Waals surface area contributed by atoms with E-state index in [0.717, 1.165) is 0 Å². The molecule has 0 bridgehead atoms. The van der Waals surface area contributed by atoms with Gasteiger partial charge in [-0.2, -0.15) is 0 Å². The Morgan fingerprint density at radius 1 is 1.57 bits per heavy atom. The zero-order valence-corrected chi connectivity index (χ0v) is 8.58. The summed E-state index contributed by atoms with van der Waals surface area (Å²) in [4.78, 5) is 11.5. The number of benzene rings is 1. The third-order valence-electron chi connectivity index (χ3n) is 1.77. The van der Waals surface area contributed by atoms with Gasteiger partial charge < -0.3 is 10.4 Å². The summed E-state index contributed by atoms with van der Waals surface area (Å²) in [5.74, 6) is -0.267. The van der Waals surface area contributed by atoms with E-state index in [1.54, 1.807) is 31.2 Å². The lowest BCUT2D eigenvalue weighted by Crippen LogP contribution is -2.35. The number of halogens is 1. The number of carbonyl (C=O) groups excluding carboxylic acids is 1. The van der Waals surface area contributed by atoms with Crippen molar-refractivity contribution < 1.29 is 9.90 Å². The maximum Gasteiger partial charge on any atom is 0.253 e. The number of aliphatic hydroxyl groups is 1. The number of carbonyl (C=O) groups is 1. The smallest absolute Gasteiger partial charge is 0.253 e. The van der Waals surface area contributed by atoms with Crippen molar-refractivity contribution in [2.75, 3.05) is 6.61 Å². The summed E-state index contributed by atoms with van der Waals surface area (Å²) >= 11 is 5.82. The van der Waals surface area contributed by atoms with Crippen molar-refractivity contribution in [3.8, 4) is 0 Å². The molecule has 0 aliphatic carbocycles. The monoisotopic (exact) mass is 213 g/mol. The van der Waals surface area contributed by atoms with Crippen LogP contribution >= 0.6 is 11.6 Å². The van der Waals surface area contributed by atoms with Crippen molar-refractivity contribution in [3.63, 3.8) is 0 Å². The van der Waals surface area contributed by atoms with E-state index in [1.807, 2.05) is 0 Å². The summed E-state index contributed by atoms with van der Waals surface area (Å²) < 4.78 is 0. The highest BCUT2D eigenvalue weighted by Gasteiger charge is 2.11. The zero-order chi connectivity index (χ0) is 10.6. The lowest BCUT2D eigenvalue weighted by molar-refractivity contribution is 0.0922. The lowest BCUT2D eigenvalue weighted by Gasteiger charge is -2.11. The quantitative estimate of drug-likeness (QED) is 0.799. The van der Waals surface area contributed by atoms with Gasteiger partial charge in [-0.15, -0.1) is 0 Å². The predicted molar refractivity (Wildman–Crippen MR) is 55.5 cm³/mol. The molecule has 0 saturated heterocycles. The highest BCUT2D eigenvalue weighted by Crippen LogP contribution is 2.14. The second-order valence-electron chi connectivity index (χ2n) is 3.04. The lowest BCUT2D eigenvalue weighted by atomic mass is 10.2. The number of nitrogens with one attached hydrogen (secondary N) is 1.